The minimum absolute atomic E-state index is 0.115. The molecule has 0 aromatic heterocycles. The van der Waals surface area contributed by atoms with Gasteiger partial charge in [-0.3, -0.25) is 4.79 Å². The first-order chi connectivity index (χ1) is 7.16. The maximum atomic E-state index is 11.9. The highest BCUT2D eigenvalue weighted by atomic mass is 16.2. The first kappa shape index (κ1) is 9.97. The fourth-order valence-electron chi connectivity index (χ4n) is 2.25. The number of carbonyl (C=O) groups is 1. The van der Waals surface area contributed by atoms with E-state index >= 15 is 0 Å². The number of hydrogen-bond acceptors (Lipinski definition) is 2. The van der Waals surface area contributed by atoms with Gasteiger partial charge in [0.05, 0.1) is 0 Å². The van der Waals surface area contributed by atoms with Crippen molar-refractivity contribution in [3.63, 3.8) is 0 Å². The van der Waals surface area contributed by atoms with Crippen LogP contribution in [0.1, 0.15) is 33.1 Å². The molecule has 0 saturated carbocycles. The van der Waals surface area contributed by atoms with Crippen molar-refractivity contribution < 1.29 is 4.79 Å². The van der Waals surface area contributed by atoms with Crippen molar-refractivity contribution in [3.05, 3.63) is 22.9 Å². The van der Waals surface area contributed by atoms with Gasteiger partial charge in [-0.1, -0.05) is 6.08 Å². The summed E-state index contributed by atoms with van der Waals surface area (Å²) in [5.74, 6) is -0.115. The Balaban J connectivity index is 2.50. The second kappa shape index (κ2) is 3.54. The molecule has 1 aliphatic heterocycles. The van der Waals surface area contributed by atoms with Gasteiger partial charge in [-0.25, -0.2) is 0 Å². The zero-order valence-corrected chi connectivity index (χ0v) is 9.08. The van der Waals surface area contributed by atoms with Crippen LogP contribution in [0.5, 0.6) is 0 Å². The summed E-state index contributed by atoms with van der Waals surface area (Å²) >= 11 is 0. The largest absolute Gasteiger partial charge is 0.305 e. The summed E-state index contributed by atoms with van der Waals surface area (Å²) in [5.41, 5.74) is 2.30. The normalized spacial score (nSPS) is 20.5. The van der Waals surface area contributed by atoms with Crippen molar-refractivity contribution in [1.82, 2.24) is 4.90 Å². The highest BCUT2D eigenvalue weighted by Crippen LogP contribution is 2.37. The van der Waals surface area contributed by atoms with Crippen LogP contribution in [0.2, 0.25) is 0 Å². The van der Waals surface area contributed by atoms with Crippen LogP contribution in [0, 0.1) is 11.3 Å². The van der Waals surface area contributed by atoms with Crippen molar-refractivity contribution in [2.45, 2.75) is 39.2 Å². The standard InChI is InChI=1S/C12H14N2O/c1-8(2)14-11-6-4-3-5-9(11)10(7-13)12(14)15/h6,8H,3-5H2,1-2H3. The summed E-state index contributed by atoms with van der Waals surface area (Å²) in [4.78, 5) is 13.7. The molecule has 2 aliphatic rings. The summed E-state index contributed by atoms with van der Waals surface area (Å²) < 4.78 is 0. The Hall–Kier alpha value is -1.56. The van der Waals surface area contributed by atoms with Crippen LogP contribution in [-0.2, 0) is 4.79 Å². The molecule has 0 aromatic rings. The molecule has 0 unspecified atom stereocenters. The van der Waals surface area contributed by atoms with Gasteiger partial charge < -0.3 is 4.90 Å². The molecule has 3 heteroatoms. The van der Waals surface area contributed by atoms with Crippen molar-refractivity contribution >= 4 is 5.91 Å². The third-order valence-corrected chi connectivity index (χ3v) is 2.90. The number of allylic oxidation sites excluding steroid dienone is 2. The van der Waals surface area contributed by atoms with E-state index in [4.69, 9.17) is 5.26 Å². The molecular formula is C12H14N2O. The molecule has 1 heterocycles. The Morgan fingerprint density at radius 3 is 2.87 bits per heavy atom. The maximum absolute atomic E-state index is 11.9. The Labute approximate surface area is 89.7 Å². The third-order valence-electron chi connectivity index (χ3n) is 2.90. The zero-order valence-electron chi connectivity index (χ0n) is 9.08. The lowest BCUT2D eigenvalue weighted by Crippen LogP contribution is -2.32. The number of nitrogens with zero attached hydrogens (tertiary/aromatic N) is 2. The Bertz CT molecular complexity index is 410. The van der Waals surface area contributed by atoms with Crippen LogP contribution in [0.3, 0.4) is 0 Å². The molecule has 0 fully saturated rings. The third kappa shape index (κ3) is 1.37. The van der Waals surface area contributed by atoms with Gasteiger partial charge >= 0.3 is 0 Å². The van der Waals surface area contributed by atoms with Crippen LogP contribution in [0.25, 0.3) is 0 Å². The van der Waals surface area contributed by atoms with Gasteiger partial charge in [-0.05, 0) is 38.7 Å². The molecule has 3 nitrogen and oxygen atoms in total. The minimum atomic E-state index is -0.115. The van der Waals surface area contributed by atoms with Gasteiger partial charge in [0, 0.05) is 11.7 Å². The van der Waals surface area contributed by atoms with E-state index in [1.807, 2.05) is 19.9 Å². The second-order valence-corrected chi connectivity index (χ2v) is 4.22. The average molecular weight is 202 g/mol. The first-order valence-electron chi connectivity index (χ1n) is 5.34. The molecule has 2 rings (SSSR count). The van der Waals surface area contributed by atoms with Crippen LogP contribution in [0.4, 0.5) is 0 Å². The summed E-state index contributed by atoms with van der Waals surface area (Å²) in [6, 6.07) is 2.17. The molecule has 1 amide bonds. The fourth-order valence-corrected chi connectivity index (χ4v) is 2.25. The molecule has 0 atom stereocenters. The summed E-state index contributed by atoms with van der Waals surface area (Å²) in [7, 11) is 0. The predicted molar refractivity (Wildman–Crippen MR) is 56.6 cm³/mol. The molecule has 0 N–H and O–H groups in total. The minimum Gasteiger partial charge on any atom is -0.305 e. The van der Waals surface area contributed by atoms with Gasteiger partial charge in [0.25, 0.3) is 5.91 Å². The molecule has 15 heavy (non-hydrogen) atoms. The fraction of sp³-hybridized carbons (Fsp3) is 0.500. The van der Waals surface area contributed by atoms with E-state index in [-0.39, 0.29) is 11.9 Å². The van der Waals surface area contributed by atoms with E-state index in [0.717, 1.165) is 30.5 Å². The van der Waals surface area contributed by atoms with Crippen molar-refractivity contribution in [2.75, 3.05) is 0 Å². The van der Waals surface area contributed by atoms with Crippen LogP contribution >= 0.6 is 0 Å². The van der Waals surface area contributed by atoms with Gasteiger partial charge in [-0.15, -0.1) is 0 Å². The molecule has 78 valence electrons. The number of carbonyl (C=O) groups excluding carboxylic acids is 1. The smallest absolute Gasteiger partial charge is 0.269 e. The number of rotatable bonds is 1. The summed E-state index contributed by atoms with van der Waals surface area (Å²) in [6.07, 6.45) is 5.00. The lowest BCUT2D eigenvalue weighted by molar-refractivity contribution is -0.125. The Kier molecular flexibility index (Phi) is 2.36. The van der Waals surface area contributed by atoms with Crippen LogP contribution in [-0.4, -0.2) is 16.8 Å². The van der Waals surface area contributed by atoms with Gasteiger partial charge in [0.2, 0.25) is 0 Å². The lowest BCUT2D eigenvalue weighted by atomic mass is 9.97. The van der Waals surface area contributed by atoms with Crippen molar-refractivity contribution in [3.8, 4) is 6.07 Å². The van der Waals surface area contributed by atoms with Gasteiger partial charge in [0.1, 0.15) is 11.6 Å². The quantitative estimate of drug-likeness (QED) is 0.653. The molecule has 0 aromatic carbocycles. The predicted octanol–water partition coefficient (Wildman–Crippen LogP) is 2.12. The van der Waals surface area contributed by atoms with Crippen molar-refractivity contribution in [1.29, 1.82) is 5.26 Å². The molecule has 1 aliphatic carbocycles. The average Bonchev–Trinajstić information content (AvgIpc) is 2.49. The zero-order chi connectivity index (χ0) is 11.0. The van der Waals surface area contributed by atoms with E-state index in [0.29, 0.717) is 5.57 Å². The number of hydrogen-bond donors (Lipinski definition) is 0. The SMILES string of the molecule is CC(C)N1C(=O)C(C#N)=C2CCCC=C21. The molecule has 0 saturated heterocycles. The molecule has 0 radical (unpaired) electrons. The lowest BCUT2D eigenvalue weighted by Gasteiger charge is -2.25. The molecule has 0 spiro atoms. The summed E-state index contributed by atoms with van der Waals surface area (Å²) in [6.45, 7) is 3.95. The topological polar surface area (TPSA) is 44.1 Å². The monoisotopic (exact) mass is 202 g/mol. The number of nitriles is 1. The summed E-state index contributed by atoms with van der Waals surface area (Å²) in [5, 5.41) is 8.99. The second-order valence-electron chi connectivity index (χ2n) is 4.22. The van der Waals surface area contributed by atoms with Crippen molar-refractivity contribution in [2.24, 2.45) is 0 Å². The maximum Gasteiger partial charge on any atom is 0.269 e. The Morgan fingerprint density at radius 1 is 1.53 bits per heavy atom. The molecule has 0 bridgehead atoms. The number of fused-ring (bicyclic) bond motifs is 1. The van der Waals surface area contributed by atoms with Crippen LogP contribution < -0.4 is 0 Å². The van der Waals surface area contributed by atoms with E-state index in [2.05, 4.69) is 6.08 Å². The van der Waals surface area contributed by atoms with E-state index < -0.39 is 0 Å². The Morgan fingerprint density at radius 2 is 2.27 bits per heavy atom. The van der Waals surface area contributed by atoms with Gasteiger partial charge in [0.15, 0.2) is 0 Å². The van der Waals surface area contributed by atoms with Crippen LogP contribution in [0.15, 0.2) is 22.9 Å². The highest BCUT2D eigenvalue weighted by molar-refractivity contribution is 6.04. The first-order valence-corrected chi connectivity index (χ1v) is 5.34. The number of amides is 1. The molecular weight excluding hydrogens is 188 g/mol. The highest BCUT2D eigenvalue weighted by Gasteiger charge is 2.36. The van der Waals surface area contributed by atoms with E-state index in [1.165, 1.54) is 0 Å². The van der Waals surface area contributed by atoms with E-state index in [1.54, 1.807) is 4.90 Å². The van der Waals surface area contributed by atoms with Gasteiger partial charge in [-0.2, -0.15) is 5.26 Å². The van der Waals surface area contributed by atoms with E-state index in [9.17, 15) is 4.79 Å².